The summed E-state index contributed by atoms with van der Waals surface area (Å²) in [7, 11) is 0. The number of halogens is 2. The van der Waals surface area contributed by atoms with Crippen molar-refractivity contribution >= 4 is 26.9 Å². The minimum atomic E-state index is -0.260. The van der Waals surface area contributed by atoms with Crippen molar-refractivity contribution in [2.45, 2.75) is 6.92 Å². The third kappa shape index (κ3) is 1.05. The van der Waals surface area contributed by atoms with E-state index in [1.807, 2.05) is 0 Å². The molecule has 1 aromatic carbocycles. The minimum absolute atomic E-state index is 0.260. The average Bonchev–Trinajstić information content (AvgIpc) is 2.39. The molecule has 0 N–H and O–H groups in total. The molecule has 0 radical (unpaired) electrons. The van der Waals surface area contributed by atoms with Crippen LogP contribution in [0.25, 0.3) is 11.0 Å². The van der Waals surface area contributed by atoms with Crippen LogP contribution in [0.4, 0.5) is 4.39 Å². The second-order valence-electron chi connectivity index (χ2n) is 2.63. The zero-order chi connectivity index (χ0) is 8.72. The fourth-order valence-electron chi connectivity index (χ4n) is 1.18. The summed E-state index contributed by atoms with van der Waals surface area (Å²) in [5.41, 5.74) is 0.591. The Morgan fingerprint density at radius 1 is 1.42 bits per heavy atom. The Balaban J connectivity index is 2.89. The molecule has 0 atom stereocenters. The predicted molar refractivity (Wildman–Crippen MR) is 48.6 cm³/mol. The normalized spacial score (nSPS) is 10.9. The van der Waals surface area contributed by atoms with Gasteiger partial charge in [-0.1, -0.05) is 0 Å². The second-order valence-corrected chi connectivity index (χ2v) is 3.48. The highest BCUT2D eigenvalue weighted by atomic mass is 79.9. The Bertz CT molecular complexity index is 433. The molecule has 0 fully saturated rings. The van der Waals surface area contributed by atoms with E-state index in [0.29, 0.717) is 15.4 Å². The lowest BCUT2D eigenvalue weighted by molar-refractivity contribution is 0.576. The lowest BCUT2D eigenvalue weighted by Crippen LogP contribution is -1.75. The summed E-state index contributed by atoms with van der Waals surface area (Å²) >= 11 is 3.11. The molecule has 1 heterocycles. The summed E-state index contributed by atoms with van der Waals surface area (Å²) in [4.78, 5) is 0. The van der Waals surface area contributed by atoms with Crippen molar-refractivity contribution in [2.24, 2.45) is 0 Å². The van der Waals surface area contributed by atoms with Crippen LogP contribution in [0.5, 0.6) is 0 Å². The van der Waals surface area contributed by atoms with E-state index >= 15 is 0 Å². The van der Waals surface area contributed by atoms with Gasteiger partial charge in [0.2, 0.25) is 0 Å². The molecule has 0 saturated heterocycles. The van der Waals surface area contributed by atoms with Crippen LogP contribution in [0.1, 0.15) is 5.76 Å². The highest BCUT2D eigenvalue weighted by Crippen LogP contribution is 2.26. The molecule has 2 rings (SSSR count). The van der Waals surface area contributed by atoms with Crippen LogP contribution in [-0.2, 0) is 0 Å². The molecular formula is C9H6BrFO. The van der Waals surface area contributed by atoms with Crippen molar-refractivity contribution in [1.82, 2.24) is 0 Å². The topological polar surface area (TPSA) is 13.1 Å². The summed E-state index contributed by atoms with van der Waals surface area (Å²) in [6.07, 6.45) is 0. The van der Waals surface area contributed by atoms with E-state index in [4.69, 9.17) is 4.42 Å². The smallest absolute Gasteiger partial charge is 0.148 e. The molecule has 0 bridgehead atoms. The summed E-state index contributed by atoms with van der Waals surface area (Å²) in [6.45, 7) is 1.80. The molecule has 0 unspecified atom stereocenters. The molecule has 12 heavy (non-hydrogen) atoms. The van der Waals surface area contributed by atoms with Crippen molar-refractivity contribution in [1.29, 1.82) is 0 Å². The summed E-state index contributed by atoms with van der Waals surface area (Å²) in [5, 5.41) is 0.530. The van der Waals surface area contributed by atoms with Crippen LogP contribution in [0.3, 0.4) is 0 Å². The van der Waals surface area contributed by atoms with Gasteiger partial charge in [-0.05, 0) is 41.1 Å². The Hall–Kier alpha value is -0.830. The largest absolute Gasteiger partial charge is 0.461 e. The van der Waals surface area contributed by atoms with E-state index in [-0.39, 0.29) is 5.82 Å². The fourth-order valence-corrected chi connectivity index (χ4v) is 1.52. The van der Waals surface area contributed by atoms with Crippen molar-refractivity contribution in [2.75, 3.05) is 0 Å². The highest BCUT2D eigenvalue weighted by molar-refractivity contribution is 9.10. The fraction of sp³-hybridized carbons (Fsp3) is 0.111. The first-order valence-corrected chi connectivity index (χ1v) is 4.32. The Morgan fingerprint density at radius 3 is 2.92 bits per heavy atom. The zero-order valence-electron chi connectivity index (χ0n) is 6.40. The molecular weight excluding hydrogens is 223 g/mol. The van der Waals surface area contributed by atoms with E-state index < -0.39 is 0 Å². The highest BCUT2D eigenvalue weighted by Gasteiger charge is 2.08. The predicted octanol–water partition coefficient (Wildman–Crippen LogP) is 3.64. The number of furan rings is 1. The molecule has 1 aromatic heterocycles. The lowest BCUT2D eigenvalue weighted by atomic mass is 10.2. The van der Waals surface area contributed by atoms with Gasteiger partial charge in [0.25, 0.3) is 0 Å². The Labute approximate surface area is 77.3 Å². The lowest BCUT2D eigenvalue weighted by Gasteiger charge is -1.92. The molecule has 0 spiro atoms. The van der Waals surface area contributed by atoms with Gasteiger partial charge in [0.15, 0.2) is 0 Å². The molecule has 0 aliphatic rings. The van der Waals surface area contributed by atoms with E-state index in [2.05, 4.69) is 15.9 Å². The first-order valence-electron chi connectivity index (χ1n) is 3.52. The van der Waals surface area contributed by atoms with Gasteiger partial charge in [0.05, 0.1) is 9.86 Å². The van der Waals surface area contributed by atoms with Crippen molar-refractivity contribution < 1.29 is 8.81 Å². The SMILES string of the molecule is Cc1cc2c(F)c(Br)ccc2o1. The van der Waals surface area contributed by atoms with Gasteiger partial charge in [-0.3, -0.25) is 0 Å². The Morgan fingerprint density at radius 2 is 2.17 bits per heavy atom. The van der Waals surface area contributed by atoms with Gasteiger partial charge in [0.1, 0.15) is 17.2 Å². The molecule has 62 valence electrons. The molecule has 0 aliphatic carbocycles. The van der Waals surface area contributed by atoms with Gasteiger partial charge < -0.3 is 4.42 Å². The number of hydrogen-bond acceptors (Lipinski definition) is 1. The van der Waals surface area contributed by atoms with Gasteiger partial charge in [-0.15, -0.1) is 0 Å². The van der Waals surface area contributed by atoms with E-state index in [1.54, 1.807) is 25.1 Å². The van der Waals surface area contributed by atoms with Crippen molar-refractivity contribution in [3.05, 3.63) is 34.2 Å². The van der Waals surface area contributed by atoms with Crippen LogP contribution in [0, 0.1) is 12.7 Å². The van der Waals surface area contributed by atoms with Gasteiger partial charge in [-0.25, -0.2) is 4.39 Å². The van der Waals surface area contributed by atoms with Gasteiger partial charge in [0, 0.05) is 0 Å². The van der Waals surface area contributed by atoms with Crippen molar-refractivity contribution in [3.63, 3.8) is 0 Å². The maximum Gasteiger partial charge on any atom is 0.148 e. The summed E-state index contributed by atoms with van der Waals surface area (Å²) in [6, 6.07) is 5.07. The zero-order valence-corrected chi connectivity index (χ0v) is 7.98. The maximum absolute atomic E-state index is 13.3. The van der Waals surface area contributed by atoms with Crippen LogP contribution in [0.15, 0.2) is 27.1 Å². The van der Waals surface area contributed by atoms with E-state index in [9.17, 15) is 4.39 Å². The van der Waals surface area contributed by atoms with E-state index in [0.717, 1.165) is 5.76 Å². The average molecular weight is 229 g/mol. The number of hydrogen-bond donors (Lipinski definition) is 0. The summed E-state index contributed by atoms with van der Waals surface area (Å²) in [5.74, 6) is 0.464. The minimum Gasteiger partial charge on any atom is -0.461 e. The first kappa shape index (κ1) is 7.80. The molecule has 2 aromatic rings. The number of fused-ring (bicyclic) bond motifs is 1. The quantitative estimate of drug-likeness (QED) is 0.672. The molecule has 0 aliphatic heterocycles. The molecule has 1 nitrogen and oxygen atoms in total. The monoisotopic (exact) mass is 228 g/mol. The number of aryl methyl sites for hydroxylation is 1. The second kappa shape index (κ2) is 2.59. The van der Waals surface area contributed by atoms with Gasteiger partial charge in [-0.2, -0.15) is 0 Å². The maximum atomic E-state index is 13.3. The number of benzene rings is 1. The van der Waals surface area contributed by atoms with Crippen LogP contribution in [0.2, 0.25) is 0 Å². The molecule has 0 saturated carbocycles. The van der Waals surface area contributed by atoms with E-state index in [1.165, 1.54) is 0 Å². The Kier molecular flexibility index (Phi) is 1.68. The van der Waals surface area contributed by atoms with Crippen LogP contribution >= 0.6 is 15.9 Å². The van der Waals surface area contributed by atoms with Crippen LogP contribution in [-0.4, -0.2) is 0 Å². The standard InChI is InChI=1S/C9H6BrFO/c1-5-4-6-8(12-5)3-2-7(10)9(6)11/h2-4H,1H3. The third-order valence-corrected chi connectivity index (χ3v) is 2.32. The number of rotatable bonds is 0. The molecule has 3 heteroatoms. The molecule has 0 amide bonds. The summed E-state index contributed by atoms with van der Waals surface area (Å²) < 4.78 is 19.0. The van der Waals surface area contributed by atoms with Gasteiger partial charge >= 0.3 is 0 Å². The third-order valence-electron chi connectivity index (χ3n) is 1.71. The van der Waals surface area contributed by atoms with Crippen LogP contribution < -0.4 is 0 Å². The van der Waals surface area contributed by atoms with Crippen molar-refractivity contribution in [3.8, 4) is 0 Å². The first-order chi connectivity index (χ1) is 5.68.